The molecule has 0 aliphatic heterocycles. The molecule has 0 spiro atoms. The van der Waals surface area contributed by atoms with Gasteiger partial charge in [-0.2, -0.15) is 0 Å². The van der Waals surface area contributed by atoms with Crippen molar-refractivity contribution in [3.8, 4) is 0 Å². The van der Waals surface area contributed by atoms with Crippen molar-refractivity contribution in [3.63, 3.8) is 0 Å². The molecule has 1 unspecified atom stereocenters. The van der Waals surface area contributed by atoms with E-state index in [-0.39, 0.29) is 6.54 Å². The van der Waals surface area contributed by atoms with E-state index in [1.54, 1.807) is 26.8 Å². The first-order chi connectivity index (χ1) is 16.5. The first kappa shape index (κ1) is 29.2. The minimum atomic E-state index is -0.979. The van der Waals surface area contributed by atoms with Crippen molar-refractivity contribution in [3.05, 3.63) is 63.7 Å². The summed E-state index contributed by atoms with van der Waals surface area (Å²) in [6, 6.07) is 10.1. The number of aryl methyl sites for hydroxylation is 3. The van der Waals surface area contributed by atoms with Gasteiger partial charge >= 0.3 is 6.09 Å². The first-order valence-corrected chi connectivity index (χ1v) is 12.3. The molecule has 0 aliphatic rings. The maximum absolute atomic E-state index is 13.9. The highest BCUT2D eigenvalue weighted by atomic mass is 35.5. The minimum Gasteiger partial charge on any atom is -0.444 e. The Morgan fingerprint density at radius 3 is 2.11 bits per heavy atom. The summed E-state index contributed by atoms with van der Waals surface area (Å²) in [5.41, 5.74) is 2.54. The molecule has 196 valence electrons. The number of carbonyl (C=O) groups is 3. The molecule has 8 heteroatoms. The third-order valence-electron chi connectivity index (χ3n) is 5.60. The zero-order chi connectivity index (χ0) is 27.4. The third kappa shape index (κ3) is 7.72. The van der Waals surface area contributed by atoms with Crippen molar-refractivity contribution in [2.45, 2.75) is 79.5 Å². The molecule has 36 heavy (non-hydrogen) atoms. The maximum Gasteiger partial charge on any atom is 0.408 e. The molecular formula is C28H38ClN3O4. The Labute approximate surface area is 219 Å². The predicted molar refractivity (Wildman–Crippen MR) is 144 cm³/mol. The molecule has 0 saturated heterocycles. The summed E-state index contributed by atoms with van der Waals surface area (Å²) in [5.74, 6) is -0.836. The van der Waals surface area contributed by atoms with Crippen LogP contribution < -0.4 is 10.6 Å². The molecule has 0 heterocycles. The molecule has 2 rings (SSSR count). The molecule has 0 aromatic heterocycles. The van der Waals surface area contributed by atoms with E-state index in [4.69, 9.17) is 16.3 Å². The topological polar surface area (TPSA) is 87.7 Å². The second-order valence-corrected chi connectivity index (χ2v) is 11.4. The lowest BCUT2D eigenvalue weighted by atomic mass is 9.94. The average molecular weight is 516 g/mol. The smallest absolute Gasteiger partial charge is 0.408 e. The summed E-state index contributed by atoms with van der Waals surface area (Å²) in [7, 11) is 0. The molecule has 2 aromatic rings. The van der Waals surface area contributed by atoms with Crippen LogP contribution in [0.15, 0.2) is 36.4 Å². The van der Waals surface area contributed by atoms with Crippen molar-refractivity contribution >= 4 is 35.2 Å². The quantitative estimate of drug-likeness (QED) is 0.486. The fourth-order valence-corrected chi connectivity index (χ4v) is 4.06. The van der Waals surface area contributed by atoms with E-state index in [1.807, 2.05) is 71.9 Å². The molecule has 0 saturated carbocycles. The average Bonchev–Trinajstić information content (AvgIpc) is 2.73. The molecule has 0 bridgehead atoms. The maximum atomic E-state index is 13.9. The van der Waals surface area contributed by atoms with Crippen molar-refractivity contribution < 1.29 is 19.1 Å². The molecule has 1 atom stereocenters. The summed E-state index contributed by atoms with van der Waals surface area (Å²) in [4.78, 5) is 41.1. The number of anilines is 1. The Morgan fingerprint density at radius 1 is 0.944 bits per heavy atom. The van der Waals surface area contributed by atoms with Crippen molar-refractivity contribution in [1.29, 1.82) is 0 Å². The van der Waals surface area contributed by atoms with Gasteiger partial charge in [-0.05, 0) is 90.6 Å². The first-order valence-electron chi connectivity index (χ1n) is 11.9. The summed E-state index contributed by atoms with van der Waals surface area (Å²) in [6.45, 7) is 16.2. The Kier molecular flexibility index (Phi) is 9.18. The molecule has 0 aliphatic carbocycles. The van der Waals surface area contributed by atoms with Crippen LogP contribution in [0.3, 0.4) is 0 Å². The van der Waals surface area contributed by atoms with E-state index in [2.05, 4.69) is 10.6 Å². The SMILES string of the molecule is Cc1ccc(C(C(=O)Nc2c(C)cccc2Cl)N(C(=O)CNC(=O)OC(C)(C)C)C(C)(C)C)cc1C. The van der Waals surface area contributed by atoms with E-state index in [1.165, 1.54) is 4.90 Å². The van der Waals surface area contributed by atoms with Gasteiger partial charge in [0, 0.05) is 5.54 Å². The highest BCUT2D eigenvalue weighted by Crippen LogP contribution is 2.33. The van der Waals surface area contributed by atoms with E-state index < -0.39 is 35.1 Å². The van der Waals surface area contributed by atoms with Crippen molar-refractivity contribution in [2.24, 2.45) is 0 Å². The van der Waals surface area contributed by atoms with E-state index in [0.717, 1.165) is 16.7 Å². The van der Waals surface area contributed by atoms with Crippen LogP contribution in [-0.4, -0.2) is 40.5 Å². The van der Waals surface area contributed by atoms with Gasteiger partial charge in [0.2, 0.25) is 5.91 Å². The fraction of sp³-hybridized carbons (Fsp3) is 0.464. The molecule has 2 aromatic carbocycles. The van der Waals surface area contributed by atoms with E-state index in [0.29, 0.717) is 16.3 Å². The van der Waals surface area contributed by atoms with Gasteiger partial charge in [0.05, 0.1) is 10.7 Å². The lowest BCUT2D eigenvalue weighted by Gasteiger charge is -2.41. The summed E-state index contributed by atoms with van der Waals surface area (Å²) >= 11 is 6.38. The summed E-state index contributed by atoms with van der Waals surface area (Å²) in [5, 5.41) is 5.86. The fourth-order valence-electron chi connectivity index (χ4n) is 3.79. The van der Waals surface area contributed by atoms with Crippen molar-refractivity contribution in [2.75, 3.05) is 11.9 Å². The van der Waals surface area contributed by atoms with Crippen molar-refractivity contribution in [1.82, 2.24) is 10.2 Å². The summed E-state index contributed by atoms with van der Waals surface area (Å²) < 4.78 is 5.27. The van der Waals surface area contributed by atoms with Gasteiger partial charge in [0.25, 0.3) is 5.91 Å². The van der Waals surface area contributed by atoms with Crippen LogP contribution in [0.25, 0.3) is 0 Å². The number of hydrogen-bond donors (Lipinski definition) is 2. The van der Waals surface area contributed by atoms with E-state index >= 15 is 0 Å². The standard InChI is InChI=1S/C28H38ClN3O4/c1-17-13-14-20(15-19(17)3)24(25(34)31-23-18(2)11-10-12-21(23)29)32(27(4,5)6)22(33)16-30-26(35)36-28(7,8)9/h10-15,24H,16H2,1-9H3,(H,30,35)(H,31,34). The number of benzene rings is 2. The Morgan fingerprint density at radius 2 is 1.58 bits per heavy atom. The molecule has 0 fully saturated rings. The lowest BCUT2D eigenvalue weighted by molar-refractivity contribution is -0.144. The van der Waals surface area contributed by atoms with Crippen LogP contribution in [0.1, 0.15) is 69.8 Å². The van der Waals surface area contributed by atoms with E-state index in [9.17, 15) is 14.4 Å². The van der Waals surface area contributed by atoms with Gasteiger partial charge in [-0.15, -0.1) is 0 Å². The van der Waals surface area contributed by atoms with Crippen LogP contribution in [-0.2, 0) is 14.3 Å². The van der Waals surface area contributed by atoms with Gasteiger partial charge in [0.15, 0.2) is 0 Å². The third-order valence-corrected chi connectivity index (χ3v) is 5.91. The molecular weight excluding hydrogens is 478 g/mol. The number of hydrogen-bond acceptors (Lipinski definition) is 4. The van der Waals surface area contributed by atoms with Gasteiger partial charge in [-0.1, -0.05) is 41.9 Å². The van der Waals surface area contributed by atoms with Gasteiger partial charge < -0.3 is 20.3 Å². The number of rotatable bonds is 6. The normalized spacial score (nSPS) is 12.5. The largest absolute Gasteiger partial charge is 0.444 e. The number of halogens is 1. The highest BCUT2D eigenvalue weighted by Gasteiger charge is 2.39. The Bertz CT molecular complexity index is 1110. The molecule has 3 amide bonds. The zero-order valence-corrected chi connectivity index (χ0v) is 23.5. The number of ether oxygens (including phenoxy) is 1. The Hall–Kier alpha value is -3.06. The zero-order valence-electron chi connectivity index (χ0n) is 22.7. The molecule has 0 radical (unpaired) electrons. The van der Waals surface area contributed by atoms with Crippen LogP contribution in [0.5, 0.6) is 0 Å². The van der Waals surface area contributed by atoms with Gasteiger partial charge in [-0.3, -0.25) is 9.59 Å². The molecule has 2 N–H and O–H groups in total. The van der Waals surface area contributed by atoms with Crippen LogP contribution in [0, 0.1) is 20.8 Å². The summed E-state index contributed by atoms with van der Waals surface area (Å²) in [6.07, 6.45) is -0.705. The van der Waals surface area contributed by atoms with Gasteiger partial charge in [-0.25, -0.2) is 4.79 Å². The second kappa shape index (κ2) is 11.3. The highest BCUT2D eigenvalue weighted by molar-refractivity contribution is 6.34. The number of nitrogens with zero attached hydrogens (tertiary/aromatic N) is 1. The number of alkyl carbamates (subject to hydrolysis) is 1. The number of nitrogens with one attached hydrogen (secondary N) is 2. The number of amides is 3. The second-order valence-electron chi connectivity index (χ2n) is 11.0. The van der Waals surface area contributed by atoms with Crippen LogP contribution in [0.2, 0.25) is 5.02 Å². The van der Waals surface area contributed by atoms with Crippen LogP contribution >= 0.6 is 11.6 Å². The minimum absolute atomic E-state index is 0.327. The van der Waals surface area contributed by atoms with Gasteiger partial charge in [0.1, 0.15) is 18.2 Å². The Balaban J connectivity index is 2.50. The van der Waals surface area contributed by atoms with Crippen LogP contribution in [0.4, 0.5) is 10.5 Å². The lowest BCUT2D eigenvalue weighted by Crippen LogP contribution is -2.54. The number of carbonyl (C=O) groups excluding carboxylic acids is 3. The molecule has 7 nitrogen and oxygen atoms in total. The number of para-hydroxylation sites is 1. The monoisotopic (exact) mass is 515 g/mol. The predicted octanol–water partition coefficient (Wildman–Crippen LogP) is 6.10.